The van der Waals surface area contributed by atoms with Crippen molar-refractivity contribution in [2.24, 2.45) is 0 Å². The molecule has 0 radical (unpaired) electrons. The molecule has 0 aliphatic carbocycles. The van der Waals surface area contributed by atoms with Gasteiger partial charge in [0.05, 0.1) is 5.69 Å². The molecule has 0 amide bonds. The molecule has 1 aliphatic heterocycles. The minimum Gasteiger partial charge on any atom is -0.309 e. The summed E-state index contributed by atoms with van der Waals surface area (Å²) in [6.45, 7) is 14.4. The van der Waals surface area contributed by atoms with Crippen molar-refractivity contribution in [1.82, 2.24) is 20.0 Å². The van der Waals surface area contributed by atoms with Crippen LogP contribution in [0, 0.1) is 13.8 Å². The molecule has 4 heteroatoms. The van der Waals surface area contributed by atoms with E-state index in [0.29, 0.717) is 6.04 Å². The van der Waals surface area contributed by atoms with Crippen molar-refractivity contribution in [2.75, 3.05) is 26.2 Å². The van der Waals surface area contributed by atoms with Crippen LogP contribution >= 0.6 is 0 Å². The first-order valence-corrected chi connectivity index (χ1v) is 7.63. The maximum absolute atomic E-state index is 4.60. The fraction of sp³-hybridized carbons (Fsp3) is 0.800. The minimum atomic E-state index is 0.392. The average molecular weight is 264 g/mol. The summed E-state index contributed by atoms with van der Waals surface area (Å²) in [5.74, 6) is 0. The first kappa shape index (κ1) is 14.5. The SMILES string of the molecule is CCn1nc(C)c(C(C)NCCN2CCCC2)c1C. The summed E-state index contributed by atoms with van der Waals surface area (Å²) in [5, 5.41) is 8.25. The van der Waals surface area contributed by atoms with E-state index in [0.717, 1.165) is 13.1 Å². The van der Waals surface area contributed by atoms with Crippen LogP contribution in [-0.4, -0.2) is 40.9 Å². The molecule has 1 aromatic heterocycles. The van der Waals surface area contributed by atoms with E-state index in [1.807, 2.05) is 0 Å². The molecule has 1 unspecified atom stereocenters. The summed E-state index contributed by atoms with van der Waals surface area (Å²) in [6.07, 6.45) is 2.74. The molecule has 19 heavy (non-hydrogen) atoms. The summed E-state index contributed by atoms with van der Waals surface area (Å²) in [6, 6.07) is 0.392. The van der Waals surface area contributed by atoms with Crippen molar-refractivity contribution < 1.29 is 0 Å². The lowest BCUT2D eigenvalue weighted by Crippen LogP contribution is -2.31. The highest BCUT2D eigenvalue weighted by Gasteiger charge is 2.17. The lowest BCUT2D eigenvalue weighted by Gasteiger charge is -2.19. The Balaban J connectivity index is 1.88. The first-order valence-electron chi connectivity index (χ1n) is 7.63. The highest BCUT2D eigenvalue weighted by Crippen LogP contribution is 2.21. The van der Waals surface area contributed by atoms with Crippen LogP contribution in [0.25, 0.3) is 0 Å². The van der Waals surface area contributed by atoms with Gasteiger partial charge in [0.2, 0.25) is 0 Å². The van der Waals surface area contributed by atoms with E-state index < -0.39 is 0 Å². The Kier molecular flexibility index (Phi) is 4.99. The third-order valence-corrected chi connectivity index (χ3v) is 4.25. The monoisotopic (exact) mass is 264 g/mol. The summed E-state index contributed by atoms with van der Waals surface area (Å²) in [5.41, 5.74) is 3.85. The molecule has 2 rings (SSSR count). The van der Waals surface area contributed by atoms with Crippen molar-refractivity contribution in [3.05, 3.63) is 17.0 Å². The van der Waals surface area contributed by atoms with E-state index in [2.05, 4.69) is 47.7 Å². The molecule has 0 bridgehead atoms. The van der Waals surface area contributed by atoms with Crippen LogP contribution < -0.4 is 5.32 Å². The number of aromatic nitrogens is 2. The number of aryl methyl sites for hydroxylation is 2. The van der Waals surface area contributed by atoms with Gasteiger partial charge in [0.1, 0.15) is 0 Å². The largest absolute Gasteiger partial charge is 0.309 e. The van der Waals surface area contributed by atoms with Crippen LogP contribution in [0.1, 0.15) is 49.7 Å². The smallest absolute Gasteiger partial charge is 0.0644 e. The van der Waals surface area contributed by atoms with Crippen LogP contribution in [0.2, 0.25) is 0 Å². The Morgan fingerprint density at radius 2 is 1.95 bits per heavy atom. The van der Waals surface area contributed by atoms with E-state index in [1.165, 1.54) is 49.4 Å². The van der Waals surface area contributed by atoms with Crippen LogP contribution in [0.5, 0.6) is 0 Å². The lowest BCUT2D eigenvalue weighted by atomic mass is 10.1. The third kappa shape index (κ3) is 3.37. The van der Waals surface area contributed by atoms with Crippen molar-refractivity contribution in [3.63, 3.8) is 0 Å². The van der Waals surface area contributed by atoms with E-state index in [4.69, 9.17) is 0 Å². The van der Waals surface area contributed by atoms with Crippen LogP contribution in [0.3, 0.4) is 0 Å². The summed E-state index contributed by atoms with van der Waals surface area (Å²) in [7, 11) is 0. The highest BCUT2D eigenvalue weighted by molar-refractivity contribution is 5.27. The zero-order chi connectivity index (χ0) is 13.8. The van der Waals surface area contributed by atoms with Gasteiger partial charge in [-0.3, -0.25) is 4.68 Å². The second kappa shape index (κ2) is 6.53. The standard InChI is InChI=1S/C15H28N4/c1-5-19-14(4)15(13(3)17-19)12(2)16-8-11-18-9-6-7-10-18/h12,16H,5-11H2,1-4H3. The van der Waals surface area contributed by atoms with Gasteiger partial charge in [0.25, 0.3) is 0 Å². The highest BCUT2D eigenvalue weighted by atomic mass is 15.3. The Hall–Kier alpha value is -0.870. The van der Waals surface area contributed by atoms with E-state index in [9.17, 15) is 0 Å². The normalized spacial score (nSPS) is 18.1. The van der Waals surface area contributed by atoms with Crippen LogP contribution in [0.4, 0.5) is 0 Å². The van der Waals surface area contributed by atoms with Gasteiger partial charge in [0.15, 0.2) is 0 Å². The van der Waals surface area contributed by atoms with Gasteiger partial charge in [-0.15, -0.1) is 0 Å². The van der Waals surface area contributed by atoms with Gasteiger partial charge in [-0.25, -0.2) is 0 Å². The zero-order valence-electron chi connectivity index (χ0n) is 12.9. The van der Waals surface area contributed by atoms with Gasteiger partial charge in [-0.2, -0.15) is 5.10 Å². The van der Waals surface area contributed by atoms with Gasteiger partial charge in [-0.05, 0) is 53.6 Å². The number of nitrogens with zero attached hydrogens (tertiary/aromatic N) is 3. The van der Waals surface area contributed by atoms with Crippen molar-refractivity contribution in [2.45, 2.75) is 53.1 Å². The van der Waals surface area contributed by atoms with E-state index >= 15 is 0 Å². The summed E-state index contributed by atoms with van der Waals surface area (Å²) < 4.78 is 2.10. The summed E-state index contributed by atoms with van der Waals surface area (Å²) in [4.78, 5) is 2.55. The van der Waals surface area contributed by atoms with E-state index in [-0.39, 0.29) is 0 Å². The molecular weight excluding hydrogens is 236 g/mol. The van der Waals surface area contributed by atoms with Gasteiger partial charge < -0.3 is 10.2 Å². The van der Waals surface area contributed by atoms with Gasteiger partial charge >= 0.3 is 0 Å². The average Bonchev–Trinajstić information content (AvgIpc) is 2.97. The second-order valence-corrected chi connectivity index (χ2v) is 5.62. The molecule has 0 aromatic carbocycles. The number of nitrogens with one attached hydrogen (secondary N) is 1. The fourth-order valence-electron chi connectivity index (χ4n) is 3.19. The Morgan fingerprint density at radius 1 is 1.26 bits per heavy atom. The zero-order valence-corrected chi connectivity index (χ0v) is 12.9. The molecular formula is C15H28N4. The predicted molar refractivity (Wildman–Crippen MR) is 79.5 cm³/mol. The molecule has 0 saturated carbocycles. The molecule has 1 atom stereocenters. The molecule has 1 N–H and O–H groups in total. The van der Waals surface area contributed by atoms with Crippen molar-refractivity contribution in [3.8, 4) is 0 Å². The maximum atomic E-state index is 4.60. The lowest BCUT2D eigenvalue weighted by molar-refractivity contribution is 0.329. The first-order chi connectivity index (χ1) is 9.13. The number of hydrogen-bond acceptors (Lipinski definition) is 3. The van der Waals surface area contributed by atoms with E-state index in [1.54, 1.807) is 0 Å². The quantitative estimate of drug-likeness (QED) is 0.855. The Morgan fingerprint density at radius 3 is 2.53 bits per heavy atom. The molecule has 1 aromatic rings. The number of likely N-dealkylation sites (tertiary alicyclic amines) is 1. The second-order valence-electron chi connectivity index (χ2n) is 5.62. The Labute approximate surface area is 117 Å². The van der Waals surface area contributed by atoms with Crippen LogP contribution in [-0.2, 0) is 6.54 Å². The maximum Gasteiger partial charge on any atom is 0.0644 e. The van der Waals surface area contributed by atoms with Gasteiger partial charge in [-0.1, -0.05) is 0 Å². The fourth-order valence-corrected chi connectivity index (χ4v) is 3.19. The van der Waals surface area contributed by atoms with Crippen molar-refractivity contribution in [1.29, 1.82) is 0 Å². The number of hydrogen-bond donors (Lipinski definition) is 1. The van der Waals surface area contributed by atoms with Crippen molar-refractivity contribution >= 4 is 0 Å². The molecule has 1 saturated heterocycles. The summed E-state index contributed by atoms with van der Waals surface area (Å²) >= 11 is 0. The molecule has 0 spiro atoms. The molecule has 108 valence electrons. The van der Waals surface area contributed by atoms with Gasteiger partial charge in [0, 0.05) is 36.9 Å². The topological polar surface area (TPSA) is 33.1 Å². The molecule has 1 aliphatic rings. The Bertz CT molecular complexity index is 405. The minimum absolute atomic E-state index is 0.392. The molecule has 1 fully saturated rings. The van der Waals surface area contributed by atoms with Crippen LogP contribution in [0.15, 0.2) is 0 Å². The predicted octanol–water partition coefficient (Wildman–Crippen LogP) is 2.27. The molecule has 4 nitrogen and oxygen atoms in total. The third-order valence-electron chi connectivity index (χ3n) is 4.25. The number of rotatable bonds is 6. The molecule has 2 heterocycles.